The van der Waals surface area contributed by atoms with Gasteiger partial charge in [0.05, 0.1) is 30.0 Å². The standard InChI is InChI=1S/C24H28Cl2N2O3/c1-31-18-8-5-16(6-9-18)23-19-4-2-3-11-24(19,30)12-13-28(23)15-22(29)27-21-10-7-17(25)14-20(21)26/h5-10,14,19,23,30H,2-4,11-13,15H2,1H3,(H,27,29)/t19-,23+,24-/m0/s1. The number of carbonyl (C=O) groups is 1. The molecule has 0 radical (unpaired) electrons. The predicted molar refractivity (Wildman–Crippen MR) is 124 cm³/mol. The number of piperidine rings is 1. The zero-order valence-electron chi connectivity index (χ0n) is 17.6. The number of nitrogens with zero attached hydrogens (tertiary/aromatic N) is 1. The summed E-state index contributed by atoms with van der Waals surface area (Å²) in [5.74, 6) is 0.749. The van der Waals surface area contributed by atoms with Gasteiger partial charge in [0, 0.05) is 23.5 Å². The van der Waals surface area contributed by atoms with E-state index < -0.39 is 5.60 Å². The number of aliphatic hydroxyl groups is 1. The highest BCUT2D eigenvalue weighted by Crippen LogP contribution is 2.49. The second kappa shape index (κ2) is 9.37. The molecule has 2 aliphatic rings. The second-order valence-electron chi connectivity index (χ2n) is 8.57. The Balaban J connectivity index is 1.57. The lowest BCUT2D eigenvalue weighted by Gasteiger charge is -2.52. The first-order valence-corrected chi connectivity index (χ1v) is 11.5. The molecule has 2 fully saturated rings. The maximum Gasteiger partial charge on any atom is 0.238 e. The lowest BCUT2D eigenvalue weighted by molar-refractivity contribution is -0.135. The molecule has 1 aliphatic heterocycles. The Morgan fingerprint density at radius 3 is 2.68 bits per heavy atom. The molecule has 5 nitrogen and oxygen atoms in total. The highest BCUT2D eigenvalue weighted by molar-refractivity contribution is 6.36. The average Bonchev–Trinajstić information content (AvgIpc) is 2.76. The molecule has 0 unspecified atom stereocenters. The Kier molecular flexibility index (Phi) is 6.77. The van der Waals surface area contributed by atoms with Gasteiger partial charge in [-0.05, 0) is 55.2 Å². The number of likely N-dealkylation sites (tertiary alicyclic amines) is 1. The van der Waals surface area contributed by atoms with Gasteiger partial charge in [-0.15, -0.1) is 0 Å². The van der Waals surface area contributed by atoms with Gasteiger partial charge in [0.25, 0.3) is 0 Å². The number of hydrogen-bond donors (Lipinski definition) is 2. The normalized spacial score (nSPS) is 26.2. The molecule has 1 heterocycles. The molecular formula is C24H28Cl2N2O3. The first-order chi connectivity index (χ1) is 14.9. The minimum atomic E-state index is -0.671. The van der Waals surface area contributed by atoms with Crippen LogP contribution in [0.3, 0.4) is 0 Å². The monoisotopic (exact) mass is 462 g/mol. The quantitative estimate of drug-likeness (QED) is 0.631. The van der Waals surface area contributed by atoms with Gasteiger partial charge in [-0.1, -0.05) is 48.2 Å². The molecule has 0 bridgehead atoms. The molecule has 1 saturated carbocycles. The van der Waals surface area contributed by atoms with Crippen LogP contribution in [0.1, 0.15) is 43.7 Å². The van der Waals surface area contributed by atoms with Gasteiger partial charge in [0.1, 0.15) is 5.75 Å². The van der Waals surface area contributed by atoms with Crippen molar-refractivity contribution < 1.29 is 14.6 Å². The Labute approximate surface area is 193 Å². The van der Waals surface area contributed by atoms with Gasteiger partial charge in [-0.2, -0.15) is 0 Å². The third-order valence-corrected chi connectivity index (χ3v) is 7.23. The van der Waals surface area contributed by atoms with Crippen molar-refractivity contribution in [2.45, 2.75) is 43.7 Å². The summed E-state index contributed by atoms with van der Waals surface area (Å²) in [7, 11) is 1.65. The van der Waals surface area contributed by atoms with Crippen molar-refractivity contribution in [3.8, 4) is 5.75 Å². The first kappa shape index (κ1) is 22.4. The van der Waals surface area contributed by atoms with E-state index >= 15 is 0 Å². The van der Waals surface area contributed by atoms with Gasteiger partial charge < -0.3 is 15.2 Å². The molecule has 1 saturated heterocycles. The largest absolute Gasteiger partial charge is 0.497 e. The molecular weight excluding hydrogens is 435 g/mol. The number of fused-ring (bicyclic) bond motifs is 1. The van der Waals surface area contributed by atoms with Crippen molar-refractivity contribution in [1.29, 1.82) is 0 Å². The van der Waals surface area contributed by atoms with E-state index in [-0.39, 0.29) is 24.4 Å². The van der Waals surface area contributed by atoms with Crippen molar-refractivity contribution in [2.24, 2.45) is 5.92 Å². The fourth-order valence-corrected chi connectivity index (χ4v) is 5.58. The molecule has 2 aromatic carbocycles. The fourth-order valence-electron chi connectivity index (χ4n) is 5.13. The Bertz CT molecular complexity index is 937. The summed E-state index contributed by atoms with van der Waals surface area (Å²) < 4.78 is 5.31. The van der Waals surface area contributed by atoms with Gasteiger partial charge in [-0.3, -0.25) is 9.69 Å². The molecule has 31 heavy (non-hydrogen) atoms. The highest BCUT2D eigenvalue weighted by atomic mass is 35.5. The molecule has 2 aromatic rings. The molecule has 2 N–H and O–H groups in total. The van der Waals surface area contributed by atoms with Crippen LogP contribution in [0.5, 0.6) is 5.75 Å². The third kappa shape index (κ3) is 4.85. The number of anilines is 1. The minimum absolute atomic E-state index is 0.0311. The lowest BCUT2D eigenvalue weighted by atomic mass is 9.66. The summed E-state index contributed by atoms with van der Waals surface area (Å²) in [6.45, 7) is 0.883. The number of amides is 1. The van der Waals surface area contributed by atoms with E-state index in [2.05, 4.69) is 10.2 Å². The van der Waals surface area contributed by atoms with Gasteiger partial charge in [-0.25, -0.2) is 0 Å². The van der Waals surface area contributed by atoms with Crippen LogP contribution in [0, 0.1) is 5.92 Å². The number of halogens is 2. The van der Waals surface area contributed by atoms with E-state index in [9.17, 15) is 9.90 Å². The maximum absolute atomic E-state index is 12.9. The van der Waals surface area contributed by atoms with Crippen LogP contribution in [-0.4, -0.2) is 41.7 Å². The Morgan fingerprint density at radius 1 is 1.19 bits per heavy atom. The van der Waals surface area contributed by atoms with Crippen molar-refractivity contribution in [2.75, 3.05) is 25.5 Å². The molecule has 7 heteroatoms. The van der Waals surface area contributed by atoms with Crippen LogP contribution in [0.4, 0.5) is 5.69 Å². The van der Waals surface area contributed by atoms with Crippen LogP contribution in [0.25, 0.3) is 0 Å². The van der Waals surface area contributed by atoms with E-state index in [0.717, 1.165) is 37.0 Å². The van der Waals surface area contributed by atoms with Gasteiger partial charge in [0.2, 0.25) is 5.91 Å². The number of benzene rings is 2. The van der Waals surface area contributed by atoms with Gasteiger partial charge >= 0.3 is 0 Å². The van der Waals surface area contributed by atoms with Crippen molar-refractivity contribution in [1.82, 2.24) is 4.90 Å². The van der Waals surface area contributed by atoms with E-state index in [4.69, 9.17) is 27.9 Å². The number of hydrogen-bond acceptors (Lipinski definition) is 4. The van der Waals surface area contributed by atoms with Crippen LogP contribution < -0.4 is 10.1 Å². The topological polar surface area (TPSA) is 61.8 Å². The molecule has 4 rings (SSSR count). The summed E-state index contributed by atoms with van der Waals surface area (Å²) in [6.07, 6.45) is 4.61. The Morgan fingerprint density at radius 2 is 1.97 bits per heavy atom. The third-order valence-electron chi connectivity index (χ3n) is 6.68. The first-order valence-electron chi connectivity index (χ1n) is 10.7. The van der Waals surface area contributed by atoms with Gasteiger partial charge in [0.15, 0.2) is 0 Å². The lowest BCUT2D eigenvalue weighted by Crippen LogP contribution is -2.56. The maximum atomic E-state index is 12.9. The van der Waals surface area contributed by atoms with Crippen molar-refractivity contribution in [3.63, 3.8) is 0 Å². The number of methoxy groups -OCH3 is 1. The van der Waals surface area contributed by atoms with Crippen LogP contribution in [0.2, 0.25) is 10.0 Å². The predicted octanol–water partition coefficient (Wildman–Crippen LogP) is 5.31. The summed E-state index contributed by atoms with van der Waals surface area (Å²) in [4.78, 5) is 15.1. The molecule has 0 spiro atoms. The smallest absolute Gasteiger partial charge is 0.238 e. The minimum Gasteiger partial charge on any atom is -0.497 e. The van der Waals surface area contributed by atoms with E-state index in [1.54, 1.807) is 25.3 Å². The Hall–Kier alpha value is -1.79. The zero-order valence-corrected chi connectivity index (χ0v) is 19.1. The number of rotatable bonds is 5. The zero-order chi connectivity index (χ0) is 22.0. The van der Waals surface area contributed by atoms with Crippen LogP contribution >= 0.6 is 23.2 Å². The van der Waals surface area contributed by atoms with Crippen LogP contribution in [-0.2, 0) is 4.79 Å². The molecule has 0 aromatic heterocycles. The second-order valence-corrected chi connectivity index (χ2v) is 9.41. The summed E-state index contributed by atoms with van der Waals surface area (Å²) in [5.41, 5.74) is 0.973. The molecule has 3 atom stereocenters. The molecule has 166 valence electrons. The van der Waals surface area contributed by atoms with E-state index in [1.165, 1.54) is 0 Å². The highest BCUT2D eigenvalue weighted by Gasteiger charge is 2.49. The summed E-state index contributed by atoms with van der Waals surface area (Å²) in [5, 5.41) is 15.2. The molecule has 1 aliphatic carbocycles. The average molecular weight is 463 g/mol. The molecule has 1 amide bonds. The van der Waals surface area contributed by atoms with Crippen LogP contribution in [0.15, 0.2) is 42.5 Å². The number of carbonyl (C=O) groups excluding carboxylic acids is 1. The number of ether oxygens (including phenoxy) is 1. The summed E-state index contributed by atoms with van der Waals surface area (Å²) in [6, 6.07) is 13.0. The summed E-state index contributed by atoms with van der Waals surface area (Å²) >= 11 is 12.2. The van der Waals surface area contributed by atoms with E-state index in [1.807, 2.05) is 24.3 Å². The fraction of sp³-hybridized carbons (Fsp3) is 0.458. The number of nitrogens with one attached hydrogen (secondary N) is 1. The van der Waals surface area contributed by atoms with E-state index in [0.29, 0.717) is 28.7 Å². The van der Waals surface area contributed by atoms with Crippen molar-refractivity contribution in [3.05, 3.63) is 58.1 Å². The SMILES string of the molecule is COc1ccc([C@@H]2[C@@H]3CCCC[C@]3(O)CCN2CC(=O)Nc2ccc(Cl)cc2Cl)cc1. The van der Waals surface area contributed by atoms with Crippen molar-refractivity contribution >= 4 is 34.8 Å².